The molecule has 0 saturated carbocycles. The van der Waals surface area contributed by atoms with Crippen molar-refractivity contribution < 1.29 is 9.21 Å². The van der Waals surface area contributed by atoms with E-state index in [9.17, 15) is 4.79 Å². The van der Waals surface area contributed by atoms with E-state index in [0.29, 0.717) is 17.9 Å². The molecular weight excluding hydrogens is 318 g/mol. The zero-order valence-electron chi connectivity index (χ0n) is 14.8. The van der Waals surface area contributed by atoms with Crippen LogP contribution in [0.25, 0.3) is 11.4 Å². The fourth-order valence-electron chi connectivity index (χ4n) is 2.63. The largest absolute Gasteiger partial charge is 0.472 e. The second-order valence-electron chi connectivity index (χ2n) is 6.13. The van der Waals surface area contributed by atoms with Gasteiger partial charge < -0.3 is 14.2 Å². The molecule has 2 heterocycles. The molecule has 3 rings (SSSR count). The highest BCUT2D eigenvalue weighted by atomic mass is 16.3. The van der Waals surface area contributed by atoms with E-state index in [4.69, 9.17) is 4.42 Å². The van der Waals surface area contributed by atoms with Crippen LogP contribution in [0.4, 0.5) is 5.95 Å². The molecule has 130 valence electrons. The van der Waals surface area contributed by atoms with Crippen molar-refractivity contribution in [1.29, 1.82) is 0 Å². The Morgan fingerprint density at radius 2 is 2.04 bits per heavy atom. The molecule has 0 saturated heterocycles. The molecule has 3 aromatic rings. The smallest absolute Gasteiger partial charge is 0.253 e. The lowest BCUT2D eigenvalue weighted by Gasteiger charge is -2.16. The number of aromatic nitrogens is 3. The number of hydrogen-bond acceptors (Lipinski definition) is 5. The summed E-state index contributed by atoms with van der Waals surface area (Å²) in [6.45, 7) is 0.492. The van der Waals surface area contributed by atoms with Gasteiger partial charge in [-0.3, -0.25) is 4.79 Å². The third kappa shape index (κ3) is 3.55. The standard InChI is InChI=1S/C18H21N5O2/c1-21(2)18-19-16(20-23(18)4)14-6-5-7-15(10-14)17(24)22(3)11-13-8-9-25-12-13/h5-10,12H,11H2,1-4H3. The summed E-state index contributed by atoms with van der Waals surface area (Å²) in [4.78, 5) is 20.7. The third-order valence-corrected chi connectivity index (χ3v) is 3.85. The van der Waals surface area contributed by atoms with Crippen LogP contribution in [0.3, 0.4) is 0 Å². The van der Waals surface area contributed by atoms with Crippen molar-refractivity contribution in [1.82, 2.24) is 19.7 Å². The molecule has 0 fully saturated rings. The molecule has 0 aliphatic heterocycles. The number of nitrogens with zero attached hydrogens (tertiary/aromatic N) is 5. The van der Waals surface area contributed by atoms with Crippen molar-refractivity contribution in [3.05, 3.63) is 54.0 Å². The van der Waals surface area contributed by atoms with Gasteiger partial charge >= 0.3 is 0 Å². The summed E-state index contributed by atoms with van der Waals surface area (Å²) in [5.74, 6) is 1.29. The summed E-state index contributed by atoms with van der Waals surface area (Å²) >= 11 is 0. The van der Waals surface area contributed by atoms with Gasteiger partial charge in [-0.05, 0) is 18.2 Å². The van der Waals surface area contributed by atoms with Gasteiger partial charge in [-0.1, -0.05) is 12.1 Å². The van der Waals surface area contributed by atoms with Crippen LogP contribution in [0.5, 0.6) is 0 Å². The molecule has 0 spiro atoms. The van der Waals surface area contributed by atoms with E-state index in [-0.39, 0.29) is 5.91 Å². The summed E-state index contributed by atoms with van der Waals surface area (Å²) in [7, 11) is 7.45. The van der Waals surface area contributed by atoms with Gasteiger partial charge in [-0.2, -0.15) is 4.98 Å². The topological polar surface area (TPSA) is 67.4 Å². The molecule has 2 aromatic heterocycles. The van der Waals surface area contributed by atoms with Crippen molar-refractivity contribution in [2.45, 2.75) is 6.54 Å². The summed E-state index contributed by atoms with van der Waals surface area (Å²) in [6, 6.07) is 9.22. The average molecular weight is 339 g/mol. The first-order valence-corrected chi connectivity index (χ1v) is 7.91. The van der Waals surface area contributed by atoms with Gasteiger partial charge in [-0.15, -0.1) is 5.10 Å². The van der Waals surface area contributed by atoms with E-state index in [1.54, 1.807) is 35.2 Å². The van der Waals surface area contributed by atoms with Crippen molar-refractivity contribution in [2.24, 2.45) is 7.05 Å². The van der Waals surface area contributed by atoms with Gasteiger partial charge in [0.2, 0.25) is 5.95 Å². The van der Waals surface area contributed by atoms with Gasteiger partial charge in [0, 0.05) is 51.4 Å². The maximum absolute atomic E-state index is 12.7. The van der Waals surface area contributed by atoms with Gasteiger partial charge in [0.15, 0.2) is 5.82 Å². The molecular formula is C18H21N5O2. The number of carbonyl (C=O) groups excluding carboxylic acids is 1. The Morgan fingerprint density at radius 3 is 2.68 bits per heavy atom. The Morgan fingerprint density at radius 1 is 1.24 bits per heavy atom. The molecule has 0 radical (unpaired) electrons. The quantitative estimate of drug-likeness (QED) is 0.714. The van der Waals surface area contributed by atoms with E-state index in [0.717, 1.165) is 17.1 Å². The lowest BCUT2D eigenvalue weighted by molar-refractivity contribution is 0.0785. The highest BCUT2D eigenvalue weighted by molar-refractivity contribution is 5.95. The number of hydrogen-bond donors (Lipinski definition) is 0. The van der Waals surface area contributed by atoms with Crippen molar-refractivity contribution in [2.75, 3.05) is 26.0 Å². The van der Waals surface area contributed by atoms with E-state index in [2.05, 4.69) is 10.1 Å². The Labute approximate surface area is 146 Å². The summed E-state index contributed by atoms with van der Waals surface area (Å²) in [5, 5.41) is 4.43. The van der Waals surface area contributed by atoms with E-state index in [1.165, 1.54) is 0 Å². The van der Waals surface area contributed by atoms with Crippen LogP contribution in [-0.2, 0) is 13.6 Å². The zero-order valence-corrected chi connectivity index (χ0v) is 14.8. The lowest BCUT2D eigenvalue weighted by Crippen LogP contribution is -2.25. The summed E-state index contributed by atoms with van der Waals surface area (Å²) in [6.07, 6.45) is 3.24. The average Bonchev–Trinajstić information content (AvgIpc) is 3.23. The minimum atomic E-state index is -0.0631. The number of carbonyl (C=O) groups is 1. The van der Waals surface area contributed by atoms with Crippen LogP contribution in [-0.4, -0.2) is 46.7 Å². The molecule has 1 aromatic carbocycles. The Hall–Kier alpha value is -3.09. The van der Waals surface area contributed by atoms with Gasteiger partial charge in [-0.25, -0.2) is 4.68 Å². The van der Waals surface area contributed by atoms with Crippen LogP contribution in [0, 0.1) is 0 Å². The lowest BCUT2D eigenvalue weighted by atomic mass is 10.1. The number of aryl methyl sites for hydroxylation is 1. The number of benzene rings is 1. The second kappa shape index (κ2) is 6.80. The third-order valence-electron chi connectivity index (χ3n) is 3.85. The van der Waals surface area contributed by atoms with E-state index in [1.807, 2.05) is 50.3 Å². The fraction of sp³-hybridized carbons (Fsp3) is 0.278. The number of anilines is 1. The molecule has 25 heavy (non-hydrogen) atoms. The Bertz CT molecular complexity index is 867. The van der Waals surface area contributed by atoms with Crippen LogP contribution < -0.4 is 4.90 Å². The number of amides is 1. The molecule has 0 aliphatic rings. The molecule has 0 bridgehead atoms. The van der Waals surface area contributed by atoms with Crippen LogP contribution in [0.2, 0.25) is 0 Å². The highest BCUT2D eigenvalue weighted by Crippen LogP contribution is 2.20. The fourth-order valence-corrected chi connectivity index (χ4v) is 2.63. The maximum atomic E-state index is 12.7. The molecule has 0 unspecified atom stereocenters. The minimum absolute atomic E-state index is 0.0631. The normalized spacial score (nSPS) is 10.7. The Balaban J connectivity index is 1.83. The van der Waals surface area contributed by atoms with Crippen molar-refractivity contribution >= 4 is 11.9 Å². The van der Waals surface area contributed by atoms with Gasteiger partial charge in [0.25, 0.3) is 5.91 Å². The highest BCUT2D eigenvalue weighted by Gasteiger charge is 2.16. The Kier molecular flexibility index (Phi) is 4.56. The van der Waals surface area contributed by atoms with Gasteiger partial charge in [0.1, 0.15) is 0 Å². The molecule has 7 nitrogen and oxygen atoms in total. The predicted octanol–water partition coefficient (Wildman–Crippen LogP) is 2.41. The van der Waals surface area contributed by atoms with Crippen molar-refractivity contribution in [3.63, 3.8) is 0 Å². The first kappa shape index (κ1) is 16.8. The van der Waals surface area contributed by atoms with Crippen LogP contribution in [0.15, 0.2) is 47.3 Å². The van der Waals surface area contributed by atoms with Crippen LogP contribution in [0.1, 0.15) is 15.9 Å². The van der Waals surface area contributed by atoms with Gasteiger partial charge in [0.05, 0.1) is 12.5 Å². The van der Waals surface area contributed by atoms with Crippen molar-refractivity contribution in [3.8, 4) is 11.4 Å². The molecule has 7 heteroatoms. The first-order chi connectivity index (χ1) is 12.0. The number of furan rings is 1. The minimum Gasteiger partial charge on any atom is -0.472 e. The summed E-state index contributed by atoms with van der Waals surface area (Å²) < 4.78 is 6.77. The monoisotopic (exact) mass is 339 g/mol. The maximum Gasteiger partial charge on any atom is 0.253 e. The molecule has 0 N–H and O–H groups in total. The molecule has 0 aliphatic carbocycles. The second-order valence-corrected chi connectivity index (χ2v) is 6.13. The summed E-state index contributed by atoms with van der Waals surface area (Å²) in [5.41, 5.74) is 2.36. The SMILES string of the molecule is CN(Cc1ccoc1)C(=O)c1cccc(-c2nc(N(C)C)n(C)n2)c1. The molecule has 1 amide bonds. The predicted molar refractivity (Wildman–Crippen MR) is 95.3 cm³/mol. The molecule has 0 atom stereocenters. The van der Waals surface area contributed by atoms with E-state index >= 15 is 0 Å². The zero-order chi connectivity index (χ0) is 18.0. The first-order valence-electron chi connectivity index (χ1n) is 7.91. The van der Waals surface area contributed by atoms with E-state index < -0.39 is 0 Å². The van der Waals surface area contributed by atoms with Crippen LogP contribution >= 0.6 is 0 Å². The number of rotatable bonds is 5.